The molecule has 1 aliphatic heterocycles. The molecule has 180 valence electrons. The molecular formula is C25H36BNO6. The van der Waals surface area contributed by atoms with Crippen molar-refractivity contribution in [2.75, 3.05) is 7.11 Å². The zero-order valence-electron chi connectivity index (χ0n) is 20.5. The van der Waals surface area contributed by atoms with Crippen molar-refractivity contribution in [3.63, 3.8) is 0 Å². The van der Waals surface area contributed by atoms with E-state index in [0.717, 1.165) is 12.8 Å². The van der Waals surface area contributed by atoms with Crippen LogP contribution in [-0.2, 0) is 20.5 Å². The minimum absolute atomic E-state index is 0.00368. The van der Waals surface area contributed by atoms with Gasteiger partial charge in [0.2, 0.25) is 5.91 Å². The molecule has 5 unspecified atom stereocenters. The lowest BCUT2D eigenvalue weighted by atomic mass is 9.43. The fourth-order valence-electron chi connectivity index (χ4n) is 6.31. The monoisotopic (exact) mass is 457 g/mol. The summed E-state index contributed by atoms with van der Waals surface area (Å²) in [6.45, 7) is 10.8. The van der Waals surface area contributed by atoms with Crippen LogP contribution in [0.1, 0.15) is 69.8 Å². The SMILES string of the molecule is COc1c(CC(NC(=O)CC(C)C)B2OC3CC4CC(C4(C)C)C3(C)O2)cccc1C(=O)O. The van der Waals surface area contributed by atoms with Crippen molar-refractivity contribution in [3.05, 3.63) is 29.3 Å². The van der Waals surface area contributed by atoms with E-state index in [9.17, 15) is 14.7 Å². The number of rotatable bonds is 8. The summed E-state index contributed by atoms with van der Waals surface area (Å²) in [5, 5.41) is 12.7. The maximum atomic E-state index is 12.8. The Morgan fingerprint density at radius 1 is 1.27 bits per heavy atom. The van der Waals surface area contributed by atoms with Gasteiger partial charge in [0.25, 0.3) is 0 Å². The third-order valence-corrected chi connectivity index (χ3v) is 8.21. The van der Waals surface area contributed by atoms with Gasteiger partial charge >= 0.3 is 13.1 Å². The van der Waals surface area contributed by atoms with Crippen LogP contribution >= 0.6 is 0 Å². The van der Waals surface area contributed by atoms with Gasteiger partial charge in [0.05, 0.1) is 24.8 Å². The average Bonchev–Trinajstić information content (AvgIpc) is 3.09. The van der Waals surface area contributed by atoms with Crippen molar-refractivity contribution in [1.29, 1.82) is 0 Å². The summed E-state index contributed by atoms with van der Waals surface area (Å²) >= 11 is 0. The van der Waals surface area contributed by atoms with Gasteiger partial charge in [0.15, 0.2) is 0 Å². The van der Waals surface area contributed by atoms with Crippen molar-refractivity contribution in [1.82, 2.24) is 5.32 Å². The summed E-state index contributed by atoms with van der Waals surface area (Å²) in [6, 6.07) is 5.05. The molecule has 1 heterocycles. The highest BCUT2D eigenvalue weighted by atomic mass is 16.7. The zero-order valence-corrected chi connectivity index (χ0v) is 20.5. The molecule has 4 fully saturated rings. The van der Waals surface area contributed by atoms with Gasteiger partial charge in [-0.1, -0.05) is 39.8 Å². The molecule has 1 aromatic rings. The van der Waals surface area contributed by atoms with Gasteiger partial charge in [-0.3, -0.25) is 4.79 Å². The van der Waals surface area contributed by atoms with E-state index >= 15 is 0 Å². The number of hydrogen-bond donors (Lipinski definition) is 2. The van der Waals surface area contributed by atoms with Crippen LogP contribution in [0, 0.1) is 23.2 Å². The Hall–Kier alpha value is -2.06. The van der Waals surface area contributed by atoms with E-state index in [0.29, 0.717) is 36.0 Å². The van der Waals surface area contributed by atoms with Crippen LogP contribution in [0.4, 0.5) is 0 Å². The highest BCUT2D eigenvalue weighted by Gasteiger charge is 2.68. The van der Waals surface area contributed by atoms with Gasteiger partial charge in [-0.25, -0.2) is 4.79 Å². The van der Waals surface area contributed by atoms with Crippen LogP contribution in [0.5, 0.6) is 5.75 Å². The first kappa shape index (κ1) is 24.1. The van der Waals surface area contributed by atoms with Crippen LogP contribution in [0.3, 0.4) is 0 Å². The van der Waals surface area contributed by atoms with Crippen molar-refractivity contribution in [3.8, 4) is 5.75 Å². The molecule has 4 aliphatic rings. The summed E-state index contributed by atoms with van der Waals surface area (Å²) in [6.07, 6.45) is 2.85. The number of hydrogen-bond acceptors (Lipinski definition) is 5. The summed E-state index contributed by atoms with van der Waals surface area (Å²) in [4.78, 5) is 24.5. The molecule has 2 N–H and O–H groups in total. The predicted octanol–water partition coefficient (Wildman–Crippen LogP) is 3.73. The molecule has 1 amide bonds. The average molecular weight is 457 g/mol. The Morgan fingerprint density at radius 3 is 2.61 bits per heavy atom. The third kappa shape index (κ3) is 4.16. The Labute approximate surface area is 196 Å². The van der Waals surface area contributed by atoms with Gasteiger partial charge in [0, 0.05) is 6.42 Å². The lowest BCUT2D eigenvalue weighted by Gasteiger charge is -2.64. The standard InChI is InChI=1S/C25H36BNO6/c1-14(2)10-21(28)27-20(11-15-8-7-9-17(23(29)30)22(15)31-6)26-32-19-13-16-12-18(24(16,3)4)25(19,5)33-26/h7-9,14,16,18-20H,10-13H2,1-6H3,(H,27,28)(H,29,30). The maximum Gasteiger partial charge on any atom is 0.482 e. The first-order valence-electron chi connectivity index (χ1n) is 12.0. The van der Waals surface area contributed by atoms with Gasteiger partial charge < -0.3 is 24.5 Å². The zero-order chi connectivity index (χ0) is 24.1. The first-order chi connectivity index (χ1) is 15.5. The number of carboxylic acids is 1. The topological polar surface area (TPSA) is 94.1 Å². The second kappa shape index (κ2) is 8.62. The first-order valence-corrected chi connectivity index (χ1v) is 12.0. The number of carbonyl (C=O) groups excluding carboxylic acids is 1. The maximum absolute atomic E-state index is 12.8. The van der Waals surface area contributed by atoms with E-state index in [1.165, 1.54) is 13.2 Å². The number of aromatic carboxylic acids is 1. The highest BCUT2D eigenvalue weighted by molar-refractivity contribution is 6.48. The van der Waals surface area contributed by atoms with Crippen LogP contribution in [0.2, 0.25) is 0 Å². The summed E-state index contributed by atoms with van der Waals surface area (Å²) < 4.78 is 18.6. The Morgan fingerprint density at radius 2 is 2.00 bits per heavy atom. The van der Waals surface area contributed by atoms with Gasteiger partial charge in [-0.2, -0.15) is 0 Å². The van der Waals surface area contributed by atoms with Crippen LogP contribution < -0.4 is 10.1 Å². The molecule has 33 heavy (non-hydrogen) atoms. The number of methoxy groups -OCH3 is 1. The van der Waals surface area contributed by atoms with Crippen molar-refractivity contribution in [2.24, 2.45) is 23.2 Å². The quantitative estimate of drug-likeness (QED) is 0.578. The molecule has 0 radical (unpaired) electrons. The number of benzene rings is 1. The van der Waals surface area contributed by atoms with Crippen LogP contribution in [0.15, 0.2) is 18.2 Å². The third-order valence-electron chi connectivity index (χ3n) is 8.21. The molecule has 1 saturated heterocycles. The molecule has 8 heteroatoms. The molecule has 5 atom stereocenters. The van der Waals surface area contributed by atoms with E-state index in [1.807, 2.05) is 19.9 Å². The summed E-state index contributed by atoms with van der Waals surface area (Å²) in [5.74, 6) is -0.0211. The molecule has 0 spiro atoms. The Balaban J connectivity index is 1.61. The minimum atomic E-state index is -1.05. The molecular weight excluding hydrogens is 421 g/mol. The molecule has 7 nitrogen and oxygen atoms in total. The lowest BCUT2D eigenvalue weighted by Crippen LogP contribution is -2.65. The van der Waals surface area contributed by atoms with Crippen LogP contribution in [-0.4, -0.2) is 48.9 Å². The van der Waals surface area contributed by atoms with Gasteiger partial charge in [0.1, 0.15) is 11.3 Å². The lowest BCUT2D eigenvalue weighted by molar-refractivity contribution is -0.199. The Bertz CT molecular complexity index is 933. The van der Waals surface area contributed by atoms with Crippen molar-refractivity contribution >= 4 is 19.0 Å². The Kier molecular flexibility index (Phi) is 6.29. The second-order valence-electron chi connectivity index (χ2n) is 11.1. The summed E-state index contributed by atoms with van der Waals surface area (Å²) in [7, 11) is 0.856. The number of para-hydroxylation sites is 1. The fraction of sp³-hybridized carbons (Fsp3) is 0.680. The minimum Gasteiger partial charge on any atom is -0.496 e. The number of nitrogens with one attached hydrogen (secondary N) is 1. The molecule has 3 saturated carbocycles. The van der Waals surface area contributed by atoms with Gasteiger partial charge in [-0.05, 0) is 61.0 Å². The van der Waals surface area contributed by atoms with E-state index in [-0.39, 0.29) is 28.9 Å². The number of amides is 1. The van der Waals surface area contributed by atoms with E-state index in [2.05, 4.69) is 26.1 Å². The molecule has 5 rings (SSSR count). The summed E-state index contributed by atoms with van der Waals surface area (Å²) in [5.41, 5.74) is 0.624. The van der Waals surface area contributed by atoms with Crippen molar-refractivity contribution < 1.29 is 28.7 Å². The number of carbonyl (C=O) groups is 2. The predicted molar refractivity (Wildman–Crippen MR) is 125 cm³/mol. The molecule has 2 bridgehead atoms. The molecule has 1 aromatic carbocycles. The molecule has 3 aliphatic carbocycles. The largest absolute Gasteiger partial charge is 0.496 e. The normalized spacial score (nSPS) is 30.4. The second-order valence-corrected chi connectivity index (χ2v) is 11.1. The number of carboxylic acid groups (broad SMARTS) is 1. The van der Waals surface area contributed by atoms with Crippen LogP contribution in [0.25, 0.3) is 0 Å². The van der Waals surface area contributed by atoms with E-state index in [4.69, 9.17) is 14.0 Å². The van der Waals surface area contributed by atoms with Crippen molar-refractivity contribution in [2.45, 2.75) is 77.9 Å². The highest BCUT2D eigenvalue weighted by Crippen LogP contribution is 2.65. The molecule has 0 aromatic heterocycles. The van der Waals surface area contributed by atoms with E-state index < -0.39 is 24.6 Å². The number of ether oxygens (including phenoxy) is 1. The van der Waals surface area contributed by atoms with Gasteiger partial charge in [-0.15, -0.1) is 0 Å². The van der Waals surface area contributed by atoms with E-state index in [1.54, 1.807) is 6.07 Å². The fourth-order valence-corrected chi connectivity index (χ4v) is 6.31. The smallest absolute Gasteiger partial charge is 0.482 e.